The molecule has 0 aliphatic carbocycles. The van der Waals surface area contributed by atoms with Crippen molar-refractivity contribution >= 4 is 54.1 Å². The molecule has 0 unspecified atom stereocenters. The number of thiazole rings is 1. The molecule has 2 amide bonds. The molecule has 0 atom stereocenters. The van der Waals surface area contributed by atoms with Crippen LogP contribution >= 0.6 is 27.3 Å². The number of aromatic nitrogens is 1. The Labute approximate surface area is 136 Å². The van der Waals surface area contributed by atoms with E-state index >= 15 is 0 Å². The molecule has 0 bridgehead atoms. The van der Waals surface area contributed by atoms with Crippen LogP contribution in [0.1, 0.15) is 0 Å². The number of nitrogens with zero attached hydrogens (tertiary/aromatic N) is 2. The topological polar surface area (TPSA) is 131 Å². The fourth-order valence-electron chi connectivity index (χ4n) is 1.38. The lowest BCUT2D eigenvalue weighted by molar-refractivity contribution is -0.385. The zero-order chi connectivity index (χ0) is 16.3. The van der Waals surface area contributed by atoms with Crippen molar-refractivity contribution in [2.75, 3.05) is 5.32 Å². The number of rotatable bonds is 4. The van der Waals surface area contributed by atoms with Gasteiger partial charge in [0, 0.05) is 12.1 Å². The number of halogens is 1. The lowest BCUT2D eigenvalue weighted by Gasteiger charge is -2.06. The number of urea groups is 1. The van der Waals surface area contributed by atoms with Gasteiger partial charge in [-0.25, -0.2) is 22.9 Å². The Bertz CT molecular complexity index is 835. The Hall–Kier alpha value is -2.05. The monoisotopic (exact) mass is 406 g/mol. The summed E-state index contributed by atoms with van der Waals surface area (Å²) in [6.45, 7) is 0. The molecule has 0 aliphatic rings. The molecule has 22 heavy (non-hydrogen) atoms. The van der Waals surface area contributed by atoms with Crippen LogP contribution in [0.15, 0.2) is 39.1 Å². The second kappa shape index (κ2) is 6.37. The first kappa shape index (κ1) is 16.3. The van der Waals surface area contributed by atoms with E-state index in [-0.39, 0.29) is 5.13 Å². The highest BCUT2D eigenvalue weighted by atomic mass is 79.9. The van der Waals surface area contributed by atoms with E-state index in [1.165, 1.54) is 12.3 Å². The third kappa shape index (κ3) is 3.99. The van der Waals surface area contributed by atoms with E-state index in [0.29, 0.717) is 3.79 Å². The highest BCUT2D eigenvalue weighted by Gasteiger charge is 2.20. The number of carbonyl (C=O) groups excluding carboxylic acids is 1. The minimum atomic E-state index is -4.23. The standard InChI is InChI=1S/C10H7BrN4O5S2/c11-8-5-12-10(21-8)13-9(16)14-22(19,20)7-3-1-2-6(4-7)15(17)18/h1-5H,(H2,12,13,14,16). The van der Waals surface area contributed by atoms with Crippen LogP contribution in [0.2, 0.25) is 0 Å². The van der Waals surface area contributed by atoms with E-state index in [2.05, 4.69) is 26.2 Å². The summed E-state index contributed by atoms with van der Waals surface area (Å²) < 4.78 is 26.4. The van der Waals surface area contributed by atoms with Crippen molar-refractivity contribution in [2.24, 2.45) is 0 Å². The average Bonchev–Trinajstić information content (AvgIpc) is 2.83. The number of nitrogens with one attached hydrogen (secondary N) is 2. The van der Waals surface area contributed by atoms with Crippen LogP contribution in [0.5, 0.6) is 0 Å². The molecular weight excluding hydrogens is 400 g/mol. The predicted molar refractivity (Wildman–Crippen MR) is 82.3 cm³/mol. The molecule has 0 aliphatic heterocycles. The summed E-state index contributed by atoms with van der Waals surface area (Å²) in [6.07, 6.45) is 1.44. The molecule has 2 aromatic rings. The summed E-state index contributed by atoms with van der Waals surface area (Å²) in [4.78, 5) is 25.0. The molecule has 0 saturated carbocycles. The molecule has 1 aromatic carbocycles. The van der Waals surface area contributed by atoms with Gasteiger partial charge in [0.2, 0.25) is 0 Å². The van der Waals surface area contributed by atoms with E-state index in [9.17, 15) is 23.3 Å². The molecule has 2 N–H and O–H groups in total. The van der Waals surface area contributed by atoms with Crippen molar-refractivity contribution in [1.29, 1.82) is 0 Å². The number of nitro groups is 1. The van der Waals surface area contributed by atoms with Gasteiger partial charge in [0.15, 0.2) is 5.13 Å². The van der Waals surface area contributed by atoms with Gasteiger partial charge in [0.25, 0.3) is 15.7 Å². The number of nitro benzene ring substituents is 1. The normalized spacial score (nSPS) is 11.0. The molecule has 0 radical (unpaired) electrons. The molecule has 2 rings (SSSR count). The quantitative estimate of drug-likeness (QED) is 0.591. The third-order valence-corrected chi connectivity index (χ3v) is 4.98. The van der Waals surface area contributed by atoms with Crippen LogP contribution in [0.25, 0.3) is 0 Å². The maximum atomic E-state index is 12.0. The van der Waals surface area contributed by atoms with Gasteiger partial charge >= 0.3 is 6.03 Å². The van der Waals surface area contributed by atoms with Gasteiger partial charge < -0.3 is 0 Å². The lowest BCUT2D eigenvalue weighted by atomic mass is 10.3. The average molecular weight is 407 g/mol. The number of hydrogen-bond donors (Lipinski definition) is 2. The van der Waals surface area contributed by atoms with Crippen LogP contribution in [-0.2, 0) is 10.0 Å². The zero-order valence-electron chi connectivity index (χ0n) is 10.5. The molecular formula is C10H7BrN4O5S2. The number of anilines is 1. The second-order valence-corrected chi connectivity index (χ2v) is 7.88. The number of hydrogen-bond acceptors (Lipinski definition) is 7. The van der Waals surface area contributed by atoms with Gasteiger partial charge in [-0.15, -0.1) is 0 Å². The number of non-ortho nitro benzene ring substituents is 1. The van der Waals surface area contributed by atoms with Crippen molar-refractivity contribution in [2.45, 2.75) is 4.90 Å². The SMILES string of the molecule is O=C(Nc1ncc(Br)s1)NS(=O)(=O)c1cccc([N+](=O)[O-])c1. The first-order valence-corrected chi connectivity index (χ1v) is 8.57. The summed E-state index contributed by atoms with van der Waals surface area (Å²) in [6, 6.07) is 3.33. The van der Waals surface area contributed by atoms with Gasteiger partial charge in [-0.3, -0.25) is 15.4 Å². The van der Waals surface area contributed by atoms with Gasteiger partial charge in [-0.1, -0.05) is 17.4 Å². The smallest absolute Gasteiger partial charge is 0.283 e. The Balaban J connectivity index is 2.15. The van der Waals surface area contributed by atoms with Crippen molar-refractivity contribution in [3.05, 3.63) is 44.4 Å². The summed E-state index contributed by atoms with van der Waals surface area (Å²) in [5.74, 6) is 0. The Morgan fingerprint density at radius 1 is 1.41 bits per heavy atom. The number of sulfonamides is 1. The summed E-state index contributed by atoms with van der Waals surface area (Å²) in [5.41, 5.74) is -0.396. The Kier molecular flexibility index (Phi) is 4.73. The Morgan fingerprint density at radius 2 is 2.14 bits per heavy atom. The second-order valence-electron chi connectivity index (χ2n) is 3.78. The van der Waals surface area contributed by atoms with Gasteiger partial charge in [-0.2, -0.15) is 0 Å². The highest BCUT2D eigenvalue weighted by Crippen LogP contribution is 2.23. The van der Waals surface area contributed by atoms with E-state index in [1.807, 2.05) is 0 Å². The fraction of sp³-hybridized carbons (Fsp3) is 0. The molecule has 1 aromatic heterocycles. The predicted octanol–water partition coefficient (Wildman–Crippen LogP) is 2.32. The Morgan fingerprint density at radius 3 is 2.73 bits per heavy atom. The summed E-state index contributed by atoms with van der Waals surface area (Å²) >= 11 is 4.24. The molecule has 12 heteroatoms. The minimum absolute atomic E-state index is 0.193. The first-order chi connectivity index (χ1) is 10.3. The fourth-order valence-corrected chi connectivity index (χ4v) is 3.43. The lowest BCUT2D eigenvalue weighted by Crippen LogP contribution is -2.34. The van der Waals surface area contributed by atoms with Crippen LogP contribution in [0.4, 0.5) is 15.6 Å². The van der Waals surface area contributed by atoms with Gasteiger partial charge in [-0.05, 0) is 22.0 Å². The number of amides is 2. The maximum absolute atomic E-state index is 12.0. The van der Waals surface area contributed by atoms with E-state index in [0.717, 1.165) is 29.5 Å². The van der Waals surface area contributed by atoms with Crippen molar-refractivity contribution < 1.29 is 18.1 Å². The van der Waals surface area contributed by atoms with Crippen molar-refractivity contribution in [3.8, 4) is 0 Å². The highest BCUT2D eigenvalue weighted by molar-refractivity contribution is 9.11. The van der Waals surface area contributed by atoms with E-state index < -0.39 is 31.6 Å². The van der Waals surface area contributed by atoms with Crippen molar-refractivity contribution in [1.82, 2.24) is 9.71 Å². The summed E-state index contributed by atoms with van der Waals surface area (Å²) in [7, 11) is -4.23. The third-order valence-electron chi connectivity index (χ3n) is 2.26. The maximum Gasteiger partial charge on any atom is 0.334 e. The van der Waals surface area contributed by atoms with E-state index in [4.69, 9.17) is 0 Å². The minimum Gasteiger partial charge on any atom is -0.283 e. The molecule has 0 saturated heterocycles. The number of carbonyl (C=O) groups is 1. The molecule has 1 heterocycles. The van der Waals surface area contributed by atoms with Crippen LogP contribution in [-0.4, -0.2) is 24.4 Å². The molecule has 9 nitrogen and oxygen atoms in total. The van der Waals surface area contributed by atoms with Crippen LogP contribution < -0.4 is 10.0 Å². The molecule has 0 fully saturated rings. The largest absolute Gasteiger partial charge is 0.334 e. The van der Waals surface area contributed by atoms with Crippen LogP contribution in [0, 0.1) is 10.1 Å². The number of benzene rings is 1. The first-order valence-electron chi connectivity index (χ1n) is 5.47. The van der Waals surface area contributed by atoms with Crippen molar-refractivity contribution in [3.63, 3.8) is 0 Å². The van der Waals surface area contributed by atoms with E-state index in [1.54, 1.807) is 4.72 Å². The molecule has 0 spiro atoms. The molecule has 116 valence electrons. The van der Waals surface area contributed by atoms with Crippen LogP contribution in [0.3, 0.4) is 0 Å². The van der Waals surface area contributed by atoms with Gasteiger partial charge in [0.05, 0.1) is 19.8 Å². The van der Waals surface area contributed by atoms with Gasteiger partial charge in [0.1, 0.15) is 0 Å². The zero-order valence-corrected chi connectivity index (χ0v) is 13.7. The summed E-state index contributed by atoms with van der Waals surface area (Å²) in [5, 5.41) is 13.1.